The number of amides is 1. The zero-order valence-corrected chi connectivity index (χ0v) is 18.4. The second-order valence-electron chi connectivity index (χ2n) is 8.37. The third-order valence-corrected chi connectivity index (χ3v) is 7.11. The van der Waals surface area contributed by atoms with E-state index in [2.05, 4.69) is 30.7 Å². The van der Waals surface area contributed by atoms with Crippen molar-refractivity contribution in [2.24, 2.45) is 17.6 Å². The fraction of sp³-hybridized carbons (Fsp3) is 0.800. The number of rotatable bonds is 11. The molecule has 0 aromatic carbocycles. The minimum atomic E-state index is -3.40. The van der Waals surface area contributed by atoms with Gasteiger partial charge in [0.15, 0.2) is 0 Å². The van der Waals surface area contributed by atoms with Crippen molar-refractivity contribution >= 4 is 15.7 Å². The molecule has 0 radical (unpaired) electrons. The molecule has 2 heterocycles. The van der Waals surface area contributed by atoms with Gasteiger partial charge in [-0.1, -0.05) is 27.2 Å². The number of nitrogens with zero attached hydrogens (tertiary/aromatic N) is 3. The molecule has 0 aliphatic carbocycles. The van der Waals surface area contributed by atoms with Crippen molar-refractivity contribution in [3.05, 3.63) is 11.9 Å². The Morgan fingerprint density at radius 2 is 2.11 bits per heavy atom. The van der Waals surface area contributed by atoms with E-state index in [4.69, 9.17) is 5.73 Å². The lowest BCUT2D eigenvalue weighted by Crippen LogP contribution is -2.41. The van der Waals surface area contributed by atoms with Crippen LogP contribution >= 0.6 is 0 Å². The molecule has 1 aliphatic heterocycles. The van der Waals surface area contributed by atoms with E-state index in [0.29, 0.717) is 32.0 Å². The minimum absolute atomic E-state index is 0.125. The Balaban J connectivity index is 2.17. The van der Waals surface area contributed by atoms with Gasteiger partial charge in [0.05, 0.1) is 23.6 Å². The number of sulfone groups is 1. The van der Waals surface area contributed by atoms with E-state index in [-0.39, 0.29) is 22.7 Å². The molecule has 1 fully saturated rings. The van der Waals surface area contributed by atoms with Crippen LogP contribution in [0.25, 0.3) is 0 Å². The van der Waals surface area contributed by atoms with E-state index in [0.717, 1.165) is 44.3 Å². The van der Waals surface area contributed by atoms with Gasteiger partial charge in [-0.05, 0) is 44.6 Å². The first-order valence-corrected chi connectivity index (χ1v) is 12.2. The molecule has 160 valence electrons. The molecule has 2 rings (SSSR count). The standard InChI is InChI=1S/C20H36N4O3S/c1-4-5-11-24-18(15-23-10-6-9-17(14-23)19(21)25)13-22-20(24)28(26,27)12-7-8-16(2)3/h13,16-17H,4-12,14-15H2,1-3H3,(H2,21,25)/t17-/m1/s1. The lowest BCUT2D eigenvalue weighted by Gasteiger charge is -2.31. The molecule has 8 heteroatoms. The third-order valence-electron chi connectivity index (χ3n) is 5.40. The van der Waals surface area contributed by atoms with Gasteiger partial charge in [-0.3, -0.25) is 9.69 Å². The van der Waals surface area contributed by atoms with Gasteiger partial charge >= 0.3 is 0 Å². The summed E-state index contributed by atoms with van der Waals surface area (Å²) >= 11 is 0. The predicted molar refractivity (Wildman–Crippen MR) is 110 cm³/mol. The summed E-state index contributed by atoms with van der Waals surface area (Å²) in [6.45, 7) is 9.06. The number of likely N-dealkylation sites (tertiary alicyclic amines) is 1. The van der Waals surface area contributed by atoms with Crippen LogP contribution < -0.4 is 5.73 Å². The first-order valence-electron chi connectivity index (χ1n) is 10.5. The molecule has 1 atom stereocenters. The molecule has 2 N–H and O–H groups in total. The van der Waals surface area contributed by atoms with Gasteiger partial charge in [-0.25, -0.2) is 13.4 Å². The van der Waals surface area contributed by atoms with E-state index in [1.807, 2.05) is 4.57 Å². The number of imidazole rings is 1. The number of unbranched alkanes of at least 4 members (excludes halogenated alkanes) is 1. The Morgan fingerprint density at radius 1 is 1.36 bits per heavy atom. The fourth-order valence-electron chi connectivity index (χ4n) is 3.76. The highest BCUT2D eigenvalue weighted by atomic mass is 32.2. The Hall–Kier alpha value is -1.41. The van der Waals surface area contributed by atoms with Crippen LogP contribution in [-0.4, -0.2) is 47.6 Å². The zero-order chi connectivity index (χ0) is 20.7. The van der Waals surface area contributed by atoms with Gasteiger partial charge in [-0.2, -0.15) is 0 Å². The monoisotopic (exact) mass is 412 g/mol. The molecule has 1 saturated heterocycles. The van der Waals surface area contributed by atoms with Crippen LogP contribution in [0.1, 0.15) is 65.0 Å². The van der Waals surface area contributed by atoms with Gasteiger partial charge in [0.1, 0.15) is 0 Å². The highest BCUT2D eigenvalue weighted by molar-refractivity contribution is 7.91. The number of carbonyl (C=O) groups is 1. The highest BCUT2D eigenvalue weighted by Crippen LogP contribution is 2.21. The third kappa shape index (κ3) is 6.30. The molecule has 0 bridgehead atoms. The van der Waals surface area contributed by atoms with Crippen LogP contribution in [0.15, 0.2) is 11.4 Å². The van der Waals surface area contributed by atoms with Crippen LogP contribution in [0.5, 0.6) is 0 Å². The summed E-state index contributed by atoms with van der Waals surface area (Å²) in [4.78, 5) is 18.0. The van der Waals surface area contributed by atoms with Crippen LogP contribution in [0, 0.1) is 11.8 Å². The fourth-order valence-corrected chi connectivity index (χ4v) is 5.24. The molecule has 0 spiro atoms. The Labute approximate surface area is 169 Å². The number of nitrogens with two attached hydrogens (primary N) is 1. The maximum Gasteiger partial charge on any atom is 0.227 e. The van der Waals surface area contributed by atoms with Gasteiger partial charge in [0.25, 0.3) is 0 Å². The number of carbonyl (C=O) groups excluding carboxylic acids is 1. The van der Waals surface area contributed by atoms with E-state index in [1.165, 1.54) is 0 Å². The number of piperidine rings is 1. The van der Waals surface area contributed by atoms with E-state index in [1.54, 1.807) is 6.20 Å². The van der Waals surface area contributed by atoms with Gasteiger partial charge in [0, 0.05) is 19.6 Å². The summed E-state index contributed by atoms with van der Waals surface area (Å²) in [5.41, 5.74) is 6.39. The van der Waals surface area contributed by atoms with Crippen molar-refractivity contribution in [3.8, 4) is 0 Å². The molecule has 0 unspecified atom stereocenters. The highest BCUT2D eigenvalue weighted by Gasteiger charge is 2.27. The molecule has 28 heavy (non-hydrogen) atoms. The molecule has 1 aromatic heterocycles. The van der Waals surface area contributed by atoms with E-state index in [9.17, 15) is 13.2 Å². The Kier molecular flexibility index (Phi) is 8.49. The molecule has 1 amide bonds. The quantitative estimate of drug-likeness (QED) is 0.602. The van der Waals surface area contributed by atoms with Crippen molar-refractivity contribution < 1.29 is 13.2 Å². The van der Waals surface area contributed by atoms with Crippen molar-refractivity contribution in [2.75, 3.05) is 18.8 Å². The molecule has 7 nitrogen and oxygen atoms in total. The number of aromatic nitrogens is 2. The SMILES string of the molecule is CCCCn1c(CN2CCC[C@@H](C(N)=O)C2)cnc1S(=O)(=O)CCCC(C)C. The molecule has 1 aromatic rings. The molecular formula is C20H36N4O3S. The first kappa shape index (κ1) is 22.9. The van der Waals surface area contributed by atoms with Crippen LogP contribution in [-0.2, 0) is 27.7 Å². The molecule has 0 saturated carbocycles. The Bertz CT molecular complexity index is 743. The maximum absolute atomic E-state index is 12.9. The van der Waals surface area contributed by atoms with Crippen molar-refractivity contribution in [3.63, 3.8) is 0 Å². The number of hydrogen-bond donors (Lipinski definition) is 1. The predicted octanol–water partition coefficient (Wildman–Crippen LogP) is 2.59. The lowest BCUT2D eigenvalue weighted by molar-refractivity contribution is -0.123. The Morgan fingerprint density at radius 3 is 2.75 bits per heavy atom. The van der Waals surface area contributed by atoms with Crippen molar-refractivity contribution in [2.45, 2.75) is 77.5 Å². The van der Waals surface area contributed by atoms with E-state index >= 15 is 0 Å². The van der Waals surface area contributed by atoms with Crippen LogP contribution in [0.2, 0.25) is 0 Å². The second-order valence-corrected chi connectivity index (χ2v) is 10.4. The summed E-state index contributed by atoms with van der Waals surface area (Å²) in [7, 11) is -3.40. The normalized spacial score (nSPS) is 18.6. The maximum atomic E-state index is 12.9. The minimum Gasteiger partial charge on any atom is -0.369 e. The smallest absolute Gasteiger partial charge is 0.227 e. The number of hydrogen-bond acceptors (Lipinski definition) is 5. The summed E-state index contributed by atoms with van der Waals surface area (Å²) in [6.07, 6.45) is 6.89. The average molecular weight is 413 g/mol. The van der Waals surface area contributed by atoms with Crippen LogP contribution in [0.3, 0.4) is 0 Å². The molecule has 1 aliphatic rings. The summed E-state index contributed by atoms with van der Waals surface area (Å²) in [6, 6.07) is 0. The second kappa shape index (κ2) is 10.4. The topological polar surface area (TPSA) is 98.3 Å². The summed E-state index contributed by atoms with van der Waals surface area (Å²) in [5, 5.41) is 0.197. The summed E-state index contributed by atoms with van der Waals surface area (Å²) < 4.78 is 27.6. The van der Waals surface area contributed by atoms with Crippen LogP contribution in [0.4, 0.5) is 0 Å². The number of primary amides is 1. The van der Waals surface area contributed by atoms with Gasteiger partial charge in [-0.15, -0.1) is 0 Å². The largest absolute Gasteiger partial charge is 0.369 e. The van der Waals surface area contributed by atoms with Gasteiger partial charge in [0.2, 0.25) is 20.9 Å². The van der Waals surface area contributed by atoms with E-state index < -0.39 is 9.84 Å². The first-order chi connectivity index (χ1) is 13.2. The summed E-state index contributed by atoms with van der Waals surface area (Å²) in [5.74, 6) is 0.252. The van der Waals surface area contributed by atoms with Crippen molar-refractivity contribution in [1.29, 1.82) is 0 Å². The molecular weight excluding hydrogens is 376 g/mol. The lowest BCUT2D eigenvalue weighted by atomic mass is 9.97. The van der Waals surface area contributed by atoms with Crippen molar-refractivity contribution in [1.82, 2.24) is 14.5 Å². The average Bonchev–Trinajstić information content (AvgIpc) is 3.03. The van der Waals surface area contributed by atoms with Gasteiger partial charge < -0.3 is 10.3 Å². The zero-order valence-electron chi connectivity index (χ0n) is 17.6.